The first kappa shape index (κ1) is 11.6. The molecular weight excluding hydrogens is 212 g/mol. The normalized spacial score (nSPS) is 10.8. The van der Waals surface area contributed by atoms with E-state index in [9.17, 15) is 4.79 Å². The lowest BCUT2D eigenvalue weighted by molar-refractivity contribution is 0.867. The molecule has 0 aliphatic carbocycles. The lowest BCUT2D eigenvalue weighted by Crippen LogP contribution is -2.11. The van der Waals surface area contributed by atoms with Gasteiger partial charge in [0.2, 0.25) is 0 Å². The Morgan fingerprint density at radius 1 is 1.18 bits per heavy atom. The third-order valence-electron chi connectivity index (χ3n) is 2.87. The van der Waals surface area contributed by atoms with Crippen molar-refractivity contribution >= 4 is 0 Å². The molecule has 2 rings (SSSR count). The fourth-order valence-corrected chi connectivity index (χ4v) is 1.79. The molecule has 1 heterocycles. The number of nitrogens with zero attached hydrogens (tertiary/aromatic N) is 1. The molecule has 1 aromatic heterocycles. The van der Waals surface area contributed by atoms with Gasteiger partial charge in [0.05, 0.1) is 5.69 Å². The van der Waals surface area contributed by atoms with E-state index < -0.39 is 0 Å². The molecule has 0 spiro atoms. The van der Waals surface area contributed by atoms with Gasteiger partial charge >= 0.3 is 5.69 Å². The maximum atomic E-state index is 11.2. The van der Waals surface area contributed by atoms with Crippen LogP contribution in [0.1, 0.15) is 30.9 Å². The average Bonchev–Trinajstić information content (AvgIpc) is 2.32. The van der Waals surface area contributed by atoms with Crippen LogP contribution >= 0.6 is 0 Å². The van der Waals surface area contributed by atoms with Crippen molar-refractivity contribution in [2.45, 2.75) is 26.7 Å². The zero-order valence-corrected chi connectivity index (χ0v) is 10.3. The number of nitrogens with one attached hydrogen (secondary N) is 1. The number of rotatable bonds is 2. The van der Waals surface area contributed by atoms with Crippen LogP contribution in [0.5, 0.6) is 0 Å². The Morgan fingerprint density at radius 3 is 2.41 bits per heavy atom. The van der Waals surface area contributed by atoms with Crippen molar-refractivity contribution in [1.29, 1.82) is 0 Å². The largest absolute Gasteiger partial charge is 0.345 e. The van der Waals surface area contributed by atoms with Crippen molar-refractivity contribution in [3.05, 3.63) is 52.1 Å². The second-order valence-electron chi connectivity index (χ2n) is 4.52. The summed E-state index contributed by atoms with van der Waals surface area (Å²) in [5.74, 6) is 0.515. The van der Waals surface area contributed by atoms with Crippen LogP contribution in [0.15, 0.2) is 35.3 Å². The molecule has 1 N–H and O–H groups in total. The highest BCUT2D eigenvalue weighted by molar-refractivity contribution is 5.62. The predicted octanol–water partition coefficient (Wildman–Crippen LogP) is 2.87. The van der Waals surface area contributed by atoms with E-state index in [2.05, 4.69) is 35.9 Å². The highest BCUT2D eigenvalue weighted by Gasteiger charge is 2.04. The van der Waals surface area contributed by atoms with E-state index in [1.807, 2.05) is 19.1 Å². The van der Waals surface area contributed by atoms with Gasteiger partial charge < -0.3 is 4.98 Å². The van der Waals surface area contributed by atoms with Crippen molar-refractivity contribution in [3.8, 4) is 11.3 Å². The monoisotopic (exact) mass is 228 g/mol. The zero-order valence-electron chi connectivity index (χ0n) is 10.3. The molecule has 0 saturated carbocycles. The van der Waals surface area contributed by atoms with Crippen molar-refractivity contribution in [1.82, 2.24) is 9.97 Å². The molecular formula is C14H16N2O. The van der Waals surface area contributed by atoms with Crippen molar-refractivity contribution in [2.75, 3.05) is 0 Å². The molecule has 0 aliphatic rings. The number of aromatic nitrogens is 2. The van der Waals surface area contributed by atoms with Gasteiger partial charge in [0, 0.05) is 6.20 Å². The second-order valence-corrected chi connectivity index (χ2v) is 4.52. The zero-order chi connectivity index (χ0) is 12.4. The number of hydrogen-bond acceptors (Lipinski definition) is 2. The molecule has 0 unspecified atom stereocenters. The number of hydrogen-bond donors (Lipinski definition) is 1. The Bertz CT molecular complexity index is 568. The summed E-state index contributed by atoms with van der Waals surface area (Å²) in [5, 5.41) is 0. The second kappa shape index (κ2) is 4.53. The molecule has 1 aromatic carbocycles. The van der Waals surface area contributed by atoms with Crippen LogP contribution in [0.3, 0.4) is 0 Å². The predicted molar refractivity (Wildman–Crippen MR) is 69.1 cm³/mol. The van der Waals surface area contributed by atoms with Crippen molar-refractivity contribution in [3.63, 3.8) is 0 Å². The van der Waals surface area contributed by atoms with Crippen LogP contribution in [-0.2, 0) is 0 Å². The maximum Gasteiger partial charge on any atom is 0.345 e. The Hall–Kier alpha value is -1.90. The average molecular weight is 228 g/mol. The van der Waals surface area contributed by atoms with Gasteiger partial charge in [0.25, 0.3) is 0 Å². The van der Waals surface area contributed by atoms with E-state index >= 15 is 0 Å². The molecule has 2 aromatic rings. The molecule has 3 nitrogen and oxygen atoms in total. The summed E-state index contributed by atoms with van der Waals surface area (Å²) in [5.41, 5.74) is 3.83. The van der Waals surface area contributed by atoms with Gasteiger partial charge in [-0.25, -0.2) is 9.78 Å². The third kappa shape index (κ3) is 2.44. The molecule has 88 valence electrons. The molecule has 0 amide bonds. The SMILES string of the molecule is Cc1cnc(=O)[nH]c1-c1ccc(C(C)C)cc1. The van der Waals surface area contributed by atoms with Crippen LogP contribution in [0.2, 0.25) is 0 Å². The number of H-pyrrole nitrogens is 1. The lowest BCUT2D eigenvalue weighted by atomic mass is 10.00. The summed E-state index contributed by atoms with van der Waals surface area (Å²) < 4.78 is 0. The highest BCUT2D eigenvalue weighted by Crippen LogP contribution is 2.22. The van der Waals surface area contributed by atoms with Crippen LogP contribution in [0.4, 0.5) is 0 Å². The summed E-state index contributed by atoms with van der Waals surface area (Å²) in [6.45, 7) is 6.26. The molecule has 0 radical (unpaired) electrons. The van der Waals surface area contributed by atoms with E-state index in [1.54, 1.807) is 6.20 Å². The number of benzene rings is 1. The summed E-state index contributed by atoms with van der Waals surface area (Å²) in [6, 6.07) is 8.26. The quantitative estimate of drug-likeness (QED) is 0.859. The molecule has 0 atom stereocenters. The molecule has 0 bridgehead atoms. The Kier molecular flexibility index (Phi) is 3.09. The van der Waals surface area contributed by atoms with Gasteiger partial charge in [0.15, 0.2) is 0 Å². The van der Waals surface area contributed by atoms with Crippen molar-refractivity contribution in [2.24, 2.45) is 0 Å². The Balaban J connectivity index is 2.46. The van der Waals surface area contributed by atoms with Crippen LogP contribution in [0.25, 0.3) is 11.3 Å². The number of aryl methyl sites for hydroxylation is 1. The van der Waals surface area contributed by atoms with Crippen LogP contribution < -0.4 is 5.69 Å². The van der Waals surface area contributed by atoms with Gasteiger partial charge in [0.1, 0.15) is 0 Å². The smallest absolute Gasteiger partial charge is 0.305 e. The summed E-state index contributed by atoms with van der Waals surface area (Å²) in [6.07, 6.45) is 1.60. The van der Waals surface area contributed by atoms with Crippen LogP contribution in [0, 0.1) is 6.92 Å². The fraction of sp³-hybridized carbons (Fsp3) is 0.286. The summed E-state index contributed by atoms with van der Waals surface area (Å²) >= 11 is 0. The van der Waals surface area contributed by atoms with Crippen LogP contribution in [-0.4, -0.2) is 9.97 Å². The van der Waals surface area contributed by atoms with Gasteiger partial charge in [-0.1, -0.05) is 38.1 Å². The molecule has 17 heavy (non-hydrogen) atoms. The van der Waals surface area contributed by atoms with Gasteiger partial charge in [-0.15, -0.1) is 0 Å². The Labute approximate surface area is 101 Å². The highest BCUT2D eigenvalue weighted by atomic mass is 16.1. The minimum atomic E-state index is -0.307. The first-order chi connectivity index (χ1) is 8.08. The molecule has 0 saturated heterocycles. The number of aromatic amines is 1. The standard InChI is InChI=1S/C14H16N2O/c1-9(2)11-4-6-12(7-5-11)13-10(3)8-15-14(17)16-13/h4-9H,1-3H3,(H,15,16,17). The first-order valence-electron chi connectivity index (χ1n) is 5.74. The fourth-order valence-electron chi connectivity index (χ4n) is 1.79. The molecule has 3 heteroatoms. The maximum absolute atomic E-state index is 11.2. The Morgan fingerprint density at radius 2 is 1.82 bits per heavy atom. The van der Waals surface area contributed by atoms with E-state index in [0.29, 0.717) is 5.92 Å². The van der Waals surface area contributed by atoms with E-state index in [1.165, 1.54) is 5.56 Å². The molecule has 0 aliphatic heterocycles. The van der Waals surface area contributed by atoms with E-state index in [4.69, 9.17) is 0 Å². The topological polar surface area (TPSA) is 45.8 Å². The minimum absolute atomic E-state index is 0.307. The van der Waals surface area contributed by atoms with Gasteiger partial charge in [-0.2, -0.15) is 0 Å². The lowest BCUT2D eigenvalue weighted by Gasteiger charge is -2.08. The van der Waals surface area contributed by atoms with E-state index in [-0.39, 0.29) is 5.69 Å². The van der Waals surface area contributed by atoms with Crippen molar-refractivity contribution < 1.29 is 0 Å². The minimum Gasteiger partial charge on any atom is -0.305 e. The first-order valence-corrected chi connectivity index (χ1v) is 5.74. The van der Waals surface area contributed by atoms with E-state index in [0.717, 1.165) is 16.8 Å². The summed E-state index contributed by atoms with van der Waals surface area (Å²) in [7, 11) is 0. The third-order valence-corrected chi connectivity index (χ3v) is 2.87. The molecule has 0 fully saturated rings. The van der Waals surface area contributed by atoms with Gasteiger partial charge in [-0.05, 0) is 29.5 Å². The van der Waals surface area contributed by atoms with Gasteiger partial charge in [-0.3, -0.25) is 0 Å². The summed E-state index contributed by atoms with van der Waals surface area (Å²) in [4.78, 5) is 17.7.